The van der Waals surface area contributed by atoms with E-state index in [4.69, 9.17) is 5.73 Å². The maximum Gasteiger partial charge on any atom is 0.217 e. The molecule has 0 aliphatic heterocycles. The minimum atomic E-state index is -0.268. The molecule has 12 heavy (non-hydrogen) atoms. The molecule has 1 rings (SSSR count). The van der Waals surface area contributed by atoms with Crippen LogP contribution < -0.4 is 5.73 Å². The predicted molar refractivity (Wildman–Crippen MR) is 45.5 cm³/mol. The second kappa shape index (κ2) is 3.38. The minimum Gasteiger partial charge on any atom is -0.370 e. The zero-order valence-corrected chi connectivity index (χ0v) is 7.37. The van der Waals surface area contributed by atoms with E-state index in [1.54, 1.807) is 6.33 Å². The molecule has 1 heterocycles. The summed E-state index contributed by atoms with van der Waals surface area (Å²) in [6, 6.07) is 0. The van der Waals surface area contributed by atoms with Gasteiger partial charge in [0.25, 0.3) is 0 Å². The third kappa shape index (κ3) is 1.84. The van der Waals surface area contributed by atoms with E-state index >= 15 is 0 Å². The van der Waals surface area contributed by atoms with E-state index in [1.165, 1.54) is 0 Å². The Hall–Kier alpha value is -1.32. The number of carbonyl (C=O) groups excluding carboxylic acids is 1. The molecule has 0 bridgehead atoms. The molecule has 1 aromatic heterocycles. The molecule has 1 aromatic rings. The fourth-order valence-electron chi connectivity index (χ4n) is 1.17. The number of rotatable bonds is 3. The van der Waals surface area contributed by atoms with E-state index in [-0.39, 0.29) is 5.91 Å². The molecule has 0 aromatic carbocycles. The molecular formula is C8H13N3O. The first-order valence-electron chi connectivity index (χ1n) is 3.86. The van der Waals surface area contributed by atoms with Crippen LogP contribution in [0.25, 0.3) is 0 Å². The average molecular weight is 167 g/mol. The average Bonchev–Trinajstić information content (AvgIpc) is 2.28. The highest BCUT2D eigenvalue weighted by Gasteiger charge is 2.05. The maximum absolute atomic E-state index is 10.5. The van der Waals surface area contributed by atoms with Gasteiger partial charge >= 0.3 is 0 Å². The van der Waals surface area contributed by atoms with Crippen molar-refractivity contribution in [3.8, 4) is 0 Å². The summed E-state index contributed by atoms with van der Waals surface area (Å²) in [5.74, 6) is -0.268. The Morgan fingerprint density at radius 3 is 2.83 bits per heavy atom. The van der Waals surface area contributed by atoms with Gasteiger partial charge in [0.1, 0.15) is 0 Å². The highest BCUT2D eigenvalue weighted by Crippen LogP contribution is 2.06. The van der Waals surface area contributed by atoms with Crippen LogP contribution in [-0.2, 0) is 18.3 Å². The maximum atomic E-state index is 10.5. The van der Waals surface area contributed by atoms with Gasteiger partial charge in [-0.05, 0) is 13.3 Å². The van der Waals surface area contributed by atoms with E-state index in [0.29, 0.717) is 12.8 Å². The van der Waals surface area contributed by atoms with Gasteiger partial charge in [0.2, 0.25) is 5.91 Å². The van der Waals surface area contributed by atoms with Crippen molar-refractivity contribution in [1.82, 2.24) is 9.55 Å². The van der Waals surface area contributed by atoms with Crippen LogP contribution in [0.5, 0.6) is 0 Å². The number of nitrogens with zero attached hydrogens (tertiary/aromatic N) is 2. The molecule has 0 saturated carbocycles. The number of carbonyl (C=O) groups is 1. The quantitative estimate of drug-likeness (QED) is 0.696. The van der Waals surface area contributed by atoms with Crippen molar-refractivity contribution in [1.29, 1.82) is 0 Å². The zero-order valence-electron chi connectivity index (χ0n) is 7.37. The fourth-order valence-corrected chi connectivity index (χ4v) is 1.17. The minimum absolute atomic E-state index is 0.268. The predicted octanol–water partition coefficient (Wildman–Crippen LogP) is 0.146. The van der Waals surface area contributed by atoms with Crippen LogP contribution >= 0.6 is 0 Å². The summed E-state index contributed by atoms with van der Waals surface area (Å²) in [6.45, 7) is 1.93. The highest BCUT2D eigenvalue weighted by molar-refractivity contribution is 5.73. The molecule has 0 aliphatic rings. The summed E-state index contributed by atoms with van der Waals surface area (Å²) in [4.78, 5) is 14.6. The normalized spacial score (nSPS) is 10.2. The van der Waals surface area contributed by atoms with Crippen LogP contribution in [0.3, 0.4) is 0 Å². The molecule has 0 radical (unpaired) electrons. The Morgan fingerprint density at radius 1 is 1.75 bits per heavy atom. The lowest BCUT2D eigenvalue weighted by Crippen LogP contribution is -2.12. The third-order valence-electron chi connectivity index (χ3n) is 1.88. The van der Waals surface area contributed by atoms with E-state index < -0.39 is 0 Å². The van der Waals surface area contributed by atoms with Crippen molar-refractivity contribution in [3.05, 3.63) is 17.7 Å². The first kappa shape index (κ1) is 8.77. The second-order valence-corrected chi connectivity index (χ2v) is 2.85. The first-order valence-corrected chi connectivity index (χ1v) is 3.86. The van der Waals surface area contributed by atoms with Gasteiger partial charge in [-0.15, -0.1) is 0 Å². The molecule has 4 heteroatoms. The van der Waals surface area contributed by atoms with Crippen LogP contribution in [0.1, 0.15) is 17.8 Å². The number of aryl methyl sites for hydroxylation is 2. The summed E-state index contributed by atoms with van der Waals surface area (Å²) in [5.41, 5.74) is 7.09. The molecule has 4 nitrogen and oxygen atoms in total. The Bertz CT molecular complexity index is 271. The van der Waals surface area contributed by atoms with E-state index in [1.807, 2.05) is 18.5 Å². The topological polar surface area (TPSA) is 60.9 Å². The number of hydrogen-bond acceptors (Lipinski definition) is 2. The van der Waals surface area contributed by atoms with Gasteiger partial charge in [0.05, 0.1) is 12.0 Å². The standard InChI is InChI=1S/C8H13N3O/c1-6-7(3-4-8(9)12)11(2)5-10-6/h5H,3-4H2,1-2H3,(H2,9,12). The molecule has 2 N–H and O–H groups in total. The van der Waals surface area contributed by atoms with Gasteiger partial charge in [-0.2, -0.15) is 0 Å². The number of amides is 1. The Balaban J connectivity index is 2.68. The van der Waals surface area contributed by atoms with Crippen molar-refractivity contribution in [2.45, 2.75) is 19.8 Å². The third-order valence-corrected chi connectivity index (χ3v) is 1.88. The van der Waals surface area contributed by atoms with Crippen LogP contribution in [0.2, 0.25) is 0 Å². The van der Waals surface area contributed by atoms with Gasteiger partial charge in [0.15, 0.2) is 0 Å². The molecule has 66 valence electrons. The van der Waals surface area contributed by atoms with Gasteiger partial charge in [-0.25, -0.2) is 4.98 Å². The number of nitrogens with two attached hydrogens (primary N) is 1. The lowest BCUT2D eigenvalue weighted by Gasteiger charge is -2.00. The highest BCUT2D eigenvalue weighted by atomic mass is 16.1. The van der Waals surface area contributed by atoms with Crippen LogP contribution in [0.4, 0.5) is 0 Å². The molecule has 0 saturated heterocycles. The van der Waals surface area contributed by atoms with E-state index in [9.17, 15) is 4.79 Å². The number of hydrogen-bond donors (Lipinski definition) is 1. The number of imidazole rings is 1. The summed E-state index contributed by atoms with van der Waals surface area (Å²) in [5, 5.41) is 0. The molecule has 0 atom stereocenters. The molecule has 0 unspecified atom stereocenters. The van der Waals surface area contributed by atoms with E-state index in [2.05, 4.69) is 4.98 Å². The molecule has 0 spiro atoms. The van der Waals surface area contributed by atoms with E-state index in [0.717, 1.165) is 11.4 Å². The number of primary amides is 1. The Morgan fingerprint density at radius 2 is 2.42 bits per heavy atom. The molecule has 1 amide bonds. The summed E-state index contributed by atoms with van der Waals surface area (Å²) < 4.78 is 1.91. The Kier molecular flexibility index (Phi) is 2.47. The van der Waals surface area contributed by atoms with Gasteiger partial charge in [0, 0.05) is 19.2 Å². The summed E-state index contributed by atoms with van der Waals surface area (Å²) >= 11 is 0. The SMILES string of the molecule is Cc1ncn(C)c1CCC(N)=O. The largest absolute Gasteiger partial charge is 0.370 e. The van der Waals surface area contributed by atoms with Crippen molar-refractivity contribution in [3.63, 3.8) is 0 Å². The molecular weight excluding hydrogens is 154 g/mol. The first-order chi connectivity index (χ1) is 5.61. The lowest BCUT2D eigenvalue weighted by atomic mass is 10.2. The van der Waals surface area contributed by atoms with Crippen molar-refractivity contribution in [2.75, 3.05) is 0 Å². The van der Waals surface area contributed by atoms with Gasteiger partial charge in [-0.1, -0.05) is 0 Å². The van der Waals surface area contributed by atoms with Crippen molar-refractivity contribution in [2.24, 2.45) is 12.8 Å². The lowest BCUT2D eigenvalue weighted by molar-refractivity contribution is -0.118. The van der Waals surface area contributed by atoms with Crippen LogP contribution in [0.15, 0.2) is 6.33 Å². The van der Waals surface area contributed by atoms with Gasteiger partial charge < -0.3 is 10.3 Å². The fraction of sp³-hybridized carbons (Fsp3) is 0.500. The second-order valence-electron chi connectivity index (χ2n) is 2.85. The van der Waals surface area contributed by atoms with Gasteiger partial charge in [-0.3, -0.25) is 4.79 Å². The zero-order chi connectivity index (χ0) is 9.14. The molecule has 0 aliphatic carbocycles. The van der Waals surface area contributed by atoms with Crippen molar-refractivity contribution >= 4 is 5.91 Å². The monoisotopic (exact) mass is 167 g/mol. The smallest absolute Gasteiger partial charge is 0.217 e. The summed E-state index contributed by atoms with van der Waals surface area (Å²) in [6.07, 6.45) is 2.81. The molecule has 0 fully saturated rings. The summed E-state index contributed by atoms with van der Waals surface area (Å²) in [7, 11) is 1.91. The van der Waals surface area contributed by atoms with Crippen LogP contribution in [0, 0.1) is 6.92 Å². The Labute approximate surface area is 71.4 Å². The van der Waals surface area contributed by atoms with Crippen LogP contribution in [-0.4, -0.2) is 15.5 Å². The van der Waals surface area contributed by atoms with Crippen molar-refractivity contribution < 1.29 is 4.79 Å². The number of aromatic nitrogens is 2.